The lowest BCUT2D eigenvalue weighted by Crippen LogP contribution is -2.10. The van der Waals surface area contributed by atoms with Crippen molar-refractivity contribution in [2.75, 3.05) is 4.90 Å². The zero-order valence-corrected chi connectivity index (χ0v) is 26.9. The predicted octanol–water partition coefficient (Wildman–Crippen LogP) is 13.1. The molecule has 0 fully saturated rings. The van der Waals surface area contributed by atoms with Crippen LogP contribution >= 0.6 is 22.7 Å². The second kappa shape index (κ2) is 10.5. The Balaban J connectivity index is 1.11. The van der Waals surface area contributed by atoms with Crippen LogP contribution in [0, 0.1) is 0 Å². The van der Waals surface area contributed by atoms with Crippen molar-refractivity contribution in [3.05, 3.63) is 158 Å². The summed E-state index contributed by atoms with van der Waals surface area (Å²) >= 11 is 3.65. The van der Waals surface area contributed by atoms with Crippen molar-refractivity contribution in [1.82, 2.24) is 4.98 Å². The number of nitrogens with zero attached hydrogens (tertiary/aromatic N) is 2. The summed E-state index contributed by atoms with van der Waals surface area (Å²) in [4.78, 5) is 8.89. The van der Waals surface area contributed by atoms with E-state index >= 15 is 0 Å². The average molecular weight is 635 g/mol. The minimum atomic E-state index is 1.05. The third kappa shape index (κ3) is 4.19. The van der Waals surface area contributed by atoms with Crippen molar-refractivity contribution in [1.29, 1.82) is 0 Å². The van der Waals surface area contributed by atoms with E-state index in [-0.39, 0.29) is 0 Å². The summed E-state index contributed by atoms with van der Waals surface area (Å²) in [6, 6.07) is 57.0. The van der Waals surface area contributed by atoms with Crippen molar-refractivity contribution in [3.8, 4) is 43.4 Å². The van der Waals surface area contributed by atoms with E-state index < -0.39 is 0 Å². The Bertz CT molecular complexity index is 2570. The first-order valence-electron chi connectivity index (χ1n) is 15.8. The fourth-order valence-electron chi connectivity index (χ4n) is 7.08. The molecule has 0 saturated carbocycles. The summed E-state index contributed by atoms with van der Waals surface area (Å²) in [7, 11) is 0. The molecule has 220 valence electrons. The quantitative estimate of drug-likeness (QED) is 0.187. The van der Waals surface area contributed by atoms with Crippen molar-refractivity contribution < 1.29 is 0 Å². The number of rotatable bonds is 5. The molecule has 0 unspecified atom stereocenters. The standard InChI is InChI=1S/C43H26N2S2/c1-2-10-27(11-3-1)30-14-6-15-32(26-30)45(37-20-9-17-34-33-16-4-5-21-38(33)46-41(34)37)31-24-22-29(23-25-31)43-44-40-35-18-7-12-28-13-8-19-36(39(28)35)42(40)47-43/h1-26H. The molecular formula is C43H26N2S2. The molecule has 10 rings (SSSR count). The SMILES string of the molecule is c1ccc(-c2cccc(N(c3ccc(-c4nc5c(s4)-c4cccc6cccc-5c46)cc3)c3cccc4c3sc3ccccc34)c2)cc1. The molecule has 0 N–H and O–H groups in total. The molecule has 9 aromatic rings. The Morgan fingerprint density at radius 1 is 0.489 bits per heavy atom. The molecule has 0 amide bonds. The van der Waals surface area contributed by atoms with E-state index in [2.05, 4.69) is 163 Å². The van der Waals surface area contributed by atoms with Crippen molar-refractivity contribution in [3.63, 3.8) is 0 Å². The molecule has 7 aromatic carbocycles. The van der Waals surface area contributed by atoms with Gasteiger partial charge in [0.05, 0.1) is 21.0 Å². The van der Waals surface area contributed by atoms with Gasteiger partial charge in [0.25, 0.3) is 0 Å². The molecule has 2 nitrogen and oxygen atoms in total. The van der Waals surface area contributed by atoms with E-state index in [0.29, 0.717) is 0 Å². The van der Waals surface area contributed by atoms with Gasteiger partial charge in [-0.1, -0.05) is 109 Å². The molecule has 47 heavy (non-hydrogen) atoms. The van der Waals surface area contributed by atoms with Crippen molar-refractivity contribution >= 4 is 70.7 Å². The van der Waals surface area contributed by atoms with Crippen LogP contribution in [-0.4, -0.2) is 4.98 Å². The van der Waals surface area contributed by atoms with Crippen LogP contribution in [0.3, 0.4) is 0 Å². The van der Waals surface area contributed by atoms with Crippen LogP contribution < -0.4 is 4.90 Å². The van der Waals surface area contributed by atoms with Gasteiger partial charge < -0.3 is 4.90 Å². The van der Waals surface area contributed by atoms with Crippen LogP contribution in [0.1, 0.15) is 0 Å². The summed E-state index contributed by atoms with van der Waals surface area (Å²) in [5.74, 6) is 0. The maximum atomic E-state index is 5.21. The Hall–Kier alpha value is -5.55. The summed E-state index contributed by atoms with van der Waals surface area (Å²) in [6.07, 6.45) is 0. The van der Waals surface area contributed by atoms with E-state index in [1.165, 1.54) is 63.8 Å². The van der Waals surface area contributed by atoms with Crippen LogP contribution in [0.15, 0.2) is 158 Å². The minimum absolute atomic E-state index is 1.05. The highest BCUT2D eigenvalue weighted by Crippen LogP contribution is 2.51. The van der Waals surface area contributed by atoms with E-state index in [0.717, 1.165) is 27.6 Å². The van der Waals surface area contributed by atoms with Crippen LogP contribution in [-0.2, 0) is 0 Å². The Morgan fingerprint density at radius 3 is 2.09 bits per heavy atom. The zero-order chi connectivity index (χ0) is 30.9. The van der Waals surface area contributed by atoms with E-state index in [1.807, 2.05) is 11.3 Å². The average Bonchev–Trinajstić information content (AvgIpc) is 3.83. The van der Waals surface area contributed by atoms with Gasteiger partial charge >= 0.3 is 0 Å². The first-order valence-corrected chi connectivity index (χ1v) is 17.4. The molecule has 0 atom stereocenters. The lowest BCUT2D eigenvalue weighted by molar-refractivity contribution is 1.30. The first kappa shape index (κ1) is 26.6. The summed E-state index contributed by atoms with van der Waals surface area (Å²) in [6.45, 7) is 0. The normalized spacial score (nSPS) is 11.8. The molecule has 1 aliphatic rings. The number of fused-ring (bicyclic) bond motifs is 6. The summed E-state index contributed by atoms with van der Waals surface area (Å²) in [5.41, 5.74) is 10.6. The van der Waals surface area contributed by atoms with Crippen LogP contribution in [0.4, 0.5) is 17.1 Å². The minimum Gasteiger partial charge on any atom is -0.309 e. The molecule has 4 heteroatoms. The highest BCUT2D eigenvalue weighted by atomic mass is 32.1. The van der Waals surface area contributed by atoms with Crippen LogP contribution in [0.2, 0.25) is 0 Å². The molecule has 0 saturated heterocycles. The summed E-state index contributed by atoms with van der Waals surface area (Å²) in [5, 5.41) is 6.25. The second-order valence-electron chi connectivity index (χ2n) is 12.0. The molecule has 2 heterocycles. The molecule has 0 spiro atoms. The molecule has 0 radical (unpaired) electrons. The highest BCUT2D eigenvalue weighted by Gasteiger charge is 2.26. The van der Waals surface area contributed by atoms with Gasteiger partial charge in [-0.05, 0) is 70.4 Å². The molecule has 0 aliphatic heterocycles. The third-order valence-electron chi connectivity index (χ3n) is 9.24. The van der Waals surface area contributed by atoms with E-state index in [1.54, 1.807) is 11.3 Å². The van der Waals surface area contributed by atoms with Gasteiger partial charge in [0.2, 0.25) is 0 Å². The molecule has 0 bridgehead atoms. The number of benzene rings is 7. The maximum Gasteiger partial charge on any atom is 0.124 e. The van der Waals surface area contributed by atoms with Gasteiger partial charge in [0, 0.05) is 43.5 Å². The molecule has 1 aliphatic carbocycles. The number of hydrogen-bond acceptors (Lipinski definition) is 4. The monoisotopic (exact) mass is 634 g/mol. The second-order valence-corrected chi connectivity index (χ2v) is 14.0. The van der Waals surface area contributed by atoms with Gasteiger partial charge in [-0.2, -0.15) is 0 Å². The lowest BCUT2D eigenvalue weighted by Gasteiger charge is -2.26. The van der Waals surface area contributed by atoms with E-state index in [4.69, 9.17) is 4.98 Å². The zero-order valence-electron chi connectivity index (χ0n) is 25.2. The number of thiazole rings is 1. The third-order valence-corrected chi connectivity index (χ3v) is 11.6. The number of anilines is 3. The molecule has 2 aromatic heterocycles. The summed E-state index contributed by atoms with van der Waals surface area (Å²) < 4.78 is 2.59. The maximum absolute atomic E-state index is 5.21. The van der Waals surface area contributed by atoms with Gasteiger partial charge in [-0.15, -0.1) is 22.7 Å². The Morgan fingerprint density at radius 2 is 1.21 bits per heavy atom. The largest absolute Gasteiger partial charge is 0.309 e. The van der Waals surface area contributed by atoms with Gasteiger partial charge in [0.15, 0.2) is 0 Å². The molecular weight excluding hydrogens is 609 g/mol. The fourth-order valence-corrected chi connectivity index (χ4v) is 9.40. The topological polar surface area (TPSA) is 16.1 Å². The smallest absolute Gasteiger partial charge is 0.124 e. The fraction of sp³-hybridized carbons (Fsp3) is 0. The van der Waals surface area contributed by atoms with Crippen molar-refractivity contribution in [2.45, 2.75) is 0 Å². The lowest BCUT2D eigenvalue weighted by atomic mass is 10.0. The Kier molecular flexibility index (Phi) is 5.95. The predicted molar refractivity (Wildman–Crippen MR) is 202 cm³/mol. The number of thiophene rings is 1. The van der Waals surface area contributed by atoms with Gasteiger partial charge in [-0.25, -0.2) is 4.98 Å². The van der Waals surface area contributed by atoms with Gasteiger partial charge in [-0.3, -0.25) is 0 Å². The first-order chi connectivity index (χ1) is 23.3. The number of aromatic nitrogens is 1. The number of hydrogen-bond donors (Lipinski definition) is 0. The van der Waals surface area contributed by atoms with E-state index in [9.17, 15) is 0 Å². The van der Waals surface area contributed by atoms with Crippen LogP contribution in [0.25, 0.3) is 74.3 Å². The Labute approximate surface area is 280 Å². The highest BCUT2D eigenvalue weighted by molar-refractivity contribution is 7.26. The van der Waals surface area contributed by atoms with Gasteiger partial charge in [0.1, 0.15) is 5.01 Å². The van der Waals surface area contributed by atoms with Crippen LogP contribution in [0.5, 0.6) is 0 Å². The van der Waals surface area contributed by atoms with Crippen molar-refractivity contribution in [2.24, 2.45) is 0 Å².